The van der Waals surface area contributed by atoms with Gasteiger partial charge in [-0.05, 0) is 44.2 Å². The van der Waals surface area contributed by atoms with Crippen molar-refractivity contribution < 1.29 is 4.74 Å². The van der Waals surface area contributed by atoms with Crippen LogP contribution >= 0.6 is 22.9 Å². The van der Waals surface area contributed by atoms with E-state index in [4.69, 9.17) is 16.3 Å². The first kappa shape index (κ1) is 18.3. The molecule has 4 heteroatoms. The average Bonchev–Trinajstić information content (AvgIpc) is 2.84. The van der Waals surface area contributed by atoms with E-state index in [1.807, 2.05) is 0 Å². The van der Waals surface area contributed by atoms with Crippen LogP contribution < -0.4 is 5.32 Å². The number of unbranched alkanes of at least 4 members (excludes halogenated alkanes) is 1. The van der Waals surface area contributed by atoms with Crippen LogP contribution in [0.25, 0.3) is 0 Å². The van der Waals surface area contributed by atoms with E-state index in [-0.39, 0.29) is 5.41 Å². The van der Waals surface area contributed by atoms with E-state index >= 15 is 0 Å². The molecule has 1 N–H and O–H groups in total. The Kier molecular flexibility index (Phi) is 6.75. The summed E-state index contributed by atoms with van der Waals surface area (Å²) in [5.41, 5.74) is 1.63. The fourth-order valence-corrected chi connectivity index (χ4v) is 5.41. The summed E-state index contributed by atoms with van der Waals surface area (Å²) in [6.07, 6.45) is 7.23. The maximum atomic E-state index is 6.34. The summed E-state index contributed by atoms with van der Waals surface area (Å²) in [7, 11) is 1.77. The molecule has 1 aliphatic rings. The lowest BCUT2D eigenvalue weighted by molar-refractivity contribution is 0.199. The van der Waals surface area contributed by atoms with Gasteiger partial charge in [0.2, 0.25) is 0 Å². The van der Waals surface area contributed by atoms with Crippen molar-refractivity contribution in [2.24, 2.45) is 0 Å². The van der Waals surface area contributed by atoms with Gasteiger partial charge < -0.3 is 10.1 Å². The molecule has 2 nitrogen and oxygen atoms in total. The Balaban J connectivity index is 2.20. The van der Waals surface area contributed by atoms with Gasteiger partial charge in [0, 0.05) is 29.5 Å². The van der Waals surface area contributed by atoms with Crippen LogP contribution in [0.5, 0.6) is 0 Å². The summed E-state index contributed by atoms with van der Waals surface area (Å²) in [4.78, 5) is 1.49. The first-order valence-corrected chi connectivity index (χ1v) is 9.71. The predicted molar refractivity (Wildman–Crippen MR) is 97.4 cm³/mol. The molecule has 0 aromatic carbocycles. The minimum atomic E-state index is 0.240. The van der Waals surface area contributed by atoms with Gasteiger partial charge in [-0.1, -0.05) is 38.3 Å². The summed E-state index contributed by atoms with van der Waals surface area (Å²) < 4.78 is 6.19. The molecule has 0 bridgehead atoms. The fourth-order valence-electron chi connectivity index (χ4n) is 3.95. The van der Waals surface area contributed by atoms with Crippen molar-refractivity contribution in [1.29, 1.82) is 0 Å². The predicted octanol–water partition coefficient (Wildman–Crippen LogP) is 5.18. The van der Waals surface area contributed by atoms with Crippen molar-refractivity contribution in [3.8, 4) is 0 Å². The Labute approximate surface area is 144 Å². The van der Waals surface area contributed by atoms with Crippen molar-refractivity contribution in [2.75, 3.05) is 13.7 Å². The maximum absolute atomic E-state index is 6.34. The van der Waals surface area contributed by atoms with Gasteiger partial charge in [-0.15, -0.1) is 11.3 Å². The standard InChI is InChI=1S/C18H30ClNOS/c1-5-6-7-15-12-18(3,11-13(2)20-15)17-14(8-9-21-4)10-16(19)22-17/h10,13,15,20H,5-9,11-12H2,1-4H3. The molecule has 0 aliphatic carbocycles. The van der Waals surface area contributed by atoms with Crippen molar-refractivity contribution in [3.05, 3.63) is 20.8 Å². The number of piperidine rings is 1. The minimum Gasteiger partial charge on any atom is -0.384 e. The number of hydrogen-bond donors (Lipinski definition) is 1. The van der Waals surface area contributed by atoms with E-state index in [9.17, 15) is 0 Å². The van der Waals surface area contributed by atoms with Crippen molar-refractivity contribution in [3.63, 3.8) is 0 Å². The first-order valence-electron chi connectivity index (χ1n) is 8.52. The van der Waals surface area contributed by atoms with Gasteiger partial charge >= 0.3 is 0 Å². The number of thiophene rings is 1. The van der Waals surface area contributed by atoms with Gasteiger partial charge in [0.15, 0.2) is 0 Å². The molecular weight excluding hydrogens is 314 g/mol. The van der Waals surface area contributed by atoms with Crippen LogP contribution in [0.3, 0.4) is 0 Å². The molecule has 126 valence electrons. The molecule has 2 rings (SSSR count). The lowest BCUT2D eigenvalue weighted by atomic mass is 9.72. The van der Waals surface area contributed by atoms with Crippen LogP contribution in [0.15, 0.2) is 6.07 Å². The number of hydrogen-bond acceptors (Lipinski definition) is 3. The largest absolute Gasteiger partial charge is 0.384 e. The monoisotopic (exact) mass is 343 g/mol. The molecule has 0 spiro atoms. The smallest absolute Gasteiger partial charge is 0.0934 e. The maximum Gasteiger partial charge on any atom is 0.0934 e. The van der Waals surface area contributed by atoms with Crippen LogP contribution in [-0.2, 0) is 16.6 Å². The lowest BCUT2D eigenvalue weighted by Gasteiger charge is -2.42. The number of halogens is 1. The molecule has 1 saturated heterocycles. The lowest BCUT2D eigenvalue weighted by Crippen LogP contribution is -2.49. The van der Waals surface area contributed by atoms with Crippen LogP contribution in [0.4, 0.5) is 0 Å². The summed E-state index contributed by atoms with van der Waals surface area (Å²) in [6, 6.07) is 3.35. The molecule has 0 radical (unpaired) electrons. The van der Waals surface area contributed by atoms with Gasteiger partial charge in [-0.3, -0.25) is 0 Å². The number of ether oxygens (including phenoxy) is 1. The number of rotatable bonds is 7. The van der Waals surface area contributed by atoms with Crippen LogP contribution in [0.1, 0.15) is 63.3 Å². The van der Waals surface area contributed by atoms with Gasteiger partial charge in [0.05, 0.1) is 10.9 Å². The van der Waals surface area contributed by atoms with Crippen LogP contribution in [-0.4, -0.2) is 25.8 Å². The number of methoxy groups -OCH3 is 1. The molecule has 0 saturated carbocycles. The zero-order valence-electron chi connectivity index (χ0n) is 14.4. The third-order valence-electron chi connectivity index (χ3n) is 4.78. The summed E-state index contributed by atoms with van der Waals surface area (Å²) >= 11 is 8.12. The highest BCUT2D eigenvalue weighted by Gasteiger charge is 2.38. The molecule has 1 aromatic rings. The Hall–Kier alpha value is -0.0900. The van der Waals surface area contributed by atoms with E-state index < -0.39 is 0 Å². The molecule has 1 fully saturated rings. The topological polar surface area (TPSA) is 21.3 Å². The van der Waals surface area contributed by atoms with E-state index in [2.05, 4.69) is 32.2 Å². The fraction of sp³-hybridized carbons (Fsp3) is 0.778. The Bertz CT molecular complexity index is 476. The van der Waals surface area contributed by atoms with E-state index in [0.29, 0.717) is 12.1 Å². The number of nitrogens with one attached hydrogen (secondary N) is 1. The quantitative estimate of drug-likeness (QED) is 0.736. The zero-order valence-corrected chi connectivity index (χ0v) is 15.9. The second-order valence-corrected chi connectivity index (χ2v) is 8.71. The van der Waals surface area contributed by atoms with E-state index in [0.717, 1.165) is 17.4 Å². The Morgan fingerprint density at radius 1 is 1.45 bits per heavy atom. The van der Waals surface area contributed by atoms with Gasteiger partial charge in [0.25, 0.3) is 0 Å². The second-order valence-electron chi connectivity index (χ2n) is 7.02. The molecule has 3 atom stereocenters. The van der Waals surface area contributed by atoms with Gasteiger partial charge in [-0.2, -0.15) is 0 Å². The van der Waals surface area contributed by atoms with Gasteiger partial charge in [0.1, 0.15) is 0 Å². The highest BCUT2D eigenvalue weighted by Crippen LogP contribution is 2.44. The van der Waals surface area contributed by atoms with Crippen LogP contribution in [0.2, 0.25) is 4.34 Å². The molecule has 2 heterocycles. The minimum absolute atomic E-state index is 0.240. The van der Waals surface area contributed by atoms with Gasteiger partial charge in [-0.25, -0.2) is 0 Å². The van der Waals surface area contributed by atoms with Crippen molar-refractivity contribution in [2.45, 2.75) is 76.8 Å². The third kappa shape index (κ3) is 4.47. The first-order chi connectivity index (χ1) is 10.5. The molecule has 22 heavy (non-hydrogen) atoms. The molecule has 0 amide bonds. The van der Waals surface area contributed by atoms with Crippen molar-refractivity contribution >= 4 is 22.9 Å². The van der Waals surface area contributed by atoms with E-state index in [1.54, 1.807) is 18.4 Å². The van der Waals surface area contributed by atoms with Crippen LogP contribution in [0, 0.1) is 0 Å². The molecule has 3 unspecified atom stereocenters. The molecule has 1 aromatic heterocycles. The SMILES string of the molecule is CCCCC1CC(C)(c2sc(Cl)cc2CCOC)CC(C)N1. The summed E-state index contributed by atoms with van der Waals surface area (Å²) in [5.74, 6) is 0. The Morgan fingerprint density at radius 3 is 2.91 bits per heavy atom. The second kappa shape index (κ2) is 8.14. The van der Waals surface area contributed by atoms with E-state index in [1.165, 1.54) is 42.5 Å². The van der Waals surface area contributed by atoms with Crippen molar-refractivity contribution in [1.82, 2.24) is 5.32 Å². The summed E-state index contributed by atoms with van der Waals surface area (Å²) in [6.45, 7) is 7.79. The highest BCUT2D eigenvalue weighted by molar-refractivity contribution is 7.16. The zero-order chi connectivity index (χ0) is 16.2. The average molecular weight is 344 g/mol. The normalized spacial score (nSPS) is 29.0. The summed E-state index contributed by atoms with van der Waals surface area (Å²) in [5, 5.41) is 3.79. The molecular formula is C18H30ClNOS. The Morgan fingerprint density at radius 2 is 2.23 bits per heavy atom. The molecule has 1 aliphatic heterocycles. The third-order valence-corrected chi connectivity index (χ3v) is 6.40. The highest BCUT2D eigenvalue weighted by atomic mass is 35.5.